The van der Waals surface area contributed by atoms with Crippen molar-refractivity contribution in [2.75, 3.05) is 14.1 Å². The standard InChI is InChI=1S/C8H12FNO/c1-10(2)4-3-8(11)6-5-7(6)9/h3-4,6-7H,5H2,1-2H3. The first-order valence-electron chi connectivity index (χ1n) is 3.64. The lowest BCUT2D eigenvalue weighted by Gasteiger charge is -2.01. The Kier molecular flexibility index (Phi) is 2.27. The molecule has 2 unspecified atom stereocenters. The lowest BCUT2D eigenvalue weighted by molar-refractivity contribution is -0.116. The van der Waals surface area contributed by atoms with Crippen molar-refractivity contribution in [3.05, 3.63) is 12.3 Å². The summed E-state index contributed by atoms with van der Waals surface area (Å²) in [5.41, 5.74) is 0. The van der Waals surface area contributed by atoms with Crippen LogP contribution in [0, 0.1) is 5.92 Å². The zero-order valence-electron chi connectivity index (χ0n) is 6.75. The van der Waals surface area contributed by atoms with Crippen molar-refractivity contribution >= 4 is 5.78 Å². The highest BCUT2D eigenvalue weighted by Crippen LogP contribution is 2.34. The molecule has 1 aliphatic carbocycles. The summed E-state index contributed by atoms with van der Waals surface area (Å²) in [6.45, 7) is 0. The summed E-state index contributed by atoms with van der Waals surface area (Å²) in [4.78, 5) is 12.7. The Morgan fingerprint density at radius 2 is 2.18 bits per heavy atom. The topological polar surface area (TPSA) is 20.3 Å². The highest BCUT2D eigenvalue weighted by atomic mass is 19.1. The molecule has 0 heterocycles. The second-order valence-electron chi connectivity index (χ2n) is 3.04. The predicted molar refractivity (Wildman–Crippen MR) is 40.8 cm³/mol. The average molecular weight is 157 g/mol. The second kappa shape index (κ2) is 3.03. The Morgan fingerprint density at radius 1 is 1.64 bits per heavy atom. The first-order valence-corrected chi connectivity index (χ1v) is 3.64. The number of carbonyl (C=O) groups excluding carboxylic acids is 1. The molecule has 2 atom stereocenters. The van der Waals surface area contributed by atoms with Gasteiger partial charge in [-0.3, -0.25) is 4.79 Å². The van der Waals surface area contributed by atoms with Crippen LogP contribution in [-0.2, 0) is 4.79 Å². The van der Waals surface area contributed by atoms with Gasteiger partial charge in [0.1, 0.15) is 6.17 Å². The quantitative estimate of drug-likeness (QED) is 0.569. The maximum Gasteiger partial charge on any atom is 0.163 e. The van der Waals surface area contributed by atoms with Gasteiger partial charge in [0, 0.05) is 20.3 Å². The number of nitrogens with zero attached hydrogens (tertiary/aromatic N) is 1. The van der Waals surface area contributed by atoms with E-state index < -0.39 is 6.17 Å². The molecule has 62 valence electrons. The van der Waals surface area contributed by atoms with E-state index in [0.29, 0.717) is 6.42 Å². The Morgan fingerprint density at radius 3 is 2.55 bits per heavy atom. The van der Waals surface area contributed by atoms with E-state index in [1.807, 2.05) is 14.1 Å². The molecule has 0 bridgehead atoms. The number of hydrogen-bond acceptors (Lipinski definition) is 2. The molecule has 0 saturated heterocycles. The van der Waals surface area contributed by atoms with Crippen molar-refractivity contribution in [1.82, 2.24) is 4.90 Å². The molecular weight excluding hydrogens is 145 g/mol. The number of hydrogen-bond donors (Lipinski definition) is 0. The molecule has 1 saturated carbocycles. The number of alkyl halides is 1. The third kappa shape index (κ3) is 2.33. The summed E-state index contributed by atoms with van der Waals surface area (Å²) >= 11 is 0. The molecule has 3 heteroatoms. The first-order chi connectivity index (χ1) is 5.11. The van der Waals surface area contributed by atoms with Gasteiger partial charge in [-0.1, -0.05) is 0 Å². The van der Waals surface area contributed by atoms with Crippen molar-refractivity contribution in [1.29, 1.82) is 0 Å². The number of carbonyl (C=O) groups is 1. The zero-order valence-corrected chi connectivity index (χ0v) is 6.75. The SMILES string of the molecule is CN(C)C=CC(=O)C1CC1F. The summed E-state index contributed by atoms with van der Waals surface area (Å²) in [6, 6.07) is 0. The number of ketones is 1. The molecule has 11 heavy (non-hydrogen) atoms. The summed E-state index contributed by atoms with van der Waals surface area (Å²) in [7, 11) is 3.65. The van der Waals surface area contributed by atoms with Gasteiger partial charge in [0.05, 0.1) is 5.92 Å². The van der Waals surface area contributed by atoms with E-state index in [1.54, 1.807) is 11.1 Å². The van der Waals surface area contributed by atoms with Crippen LogP contribution in [0.15, 0.2) is 12.3 Å². The summed E-state index contributed by atoms with van der Waals surface area (Å²) in [5.74, 6) is -0.433. The normalized spacial score (nSPS) is 29.0. The van der Waals surface area contributed by atoms with Gasteiger partial charge in [-0.05, 0) is 12.5 Å². The minimum absolute atomic E-state index is 0.0915. The van der Waals surface area contributed by atoms with E-state index in [9.17, 15) is 9.18 Å². The number of rotatable bonds is 3. The molecule has 0 aromatic carbocycles. The van der Waals surface area contributed by atoms with Crippen LogP contribution in [0.2, 0.25) is 0 Å². The van der Waals surface area contributed by atoms with Crippen molar-refractivity contribution < 1.29 is 9.18 Å². The van der Waals surface area contributed by atoms with E-state index in [2.05, 4.69) is 0 Å². The van der Waals surface area contributed by atoms with Crippen LogP contribution < -0.4 is 0 Å². The molecule has 0 aromatic heterocycles. The summed E-state index contributed by atoms with van der Waals surface area (Å²) in [6.07, 6.45) is 2.61. The van der Waals surface area contributed by atoms with Crippen LogP contribution in [0.5, 0.6) is 0 Å². The maximum atomic E-state index is 12.3. The van der Waals surface area contributed by atoms with Crippen molar-refractivity contribution in [2.45, 2.75) is 12.6 Å². The molecule has 2 nitrogen and oxygen atoms in total. The van der Waals surface area contributed by atoms with Crippen LogP contribution >= 0.6 is 0 Å². The molecule has 0 aromatic rings. The highest BCUT2D eigenvalue weighted by molar-refractivity contribution is 5.94. The Bertz CT molecular complexity index is 189. The average Bonchev–Trinajstić information content (AvgIpc) is 2.61. The van der Waals surface area contributed by atoms with Crippen molar-refractivity contribution in [3.63, 3.8) is 0 Å². The molecule has 0 N–H and O–H groups in total. The van der Waals surface area contributed by atoms with Gasteiger partial charge in [-0.15, -0.1) is 0 Å². The number of halogens is 1. The minimum atomic E-state index is -0.880. The first kappa shape index (κ1) is 8.24. The van der Waals surface area contributed by atoms with Gasteiger partial charge in [0.2, 0.25) is 0 Å². The van der Waals surface area contributed by atoms with Crippen molar-refractivity contribution in [2.24, 2.45) is 5.92 Å². The van der Waals surface area contributed by atoms with E-state index >= 15 is 0 Å². The molecule has 1 fully saturated rings. The molecule has 0 radical (unpaired) electrons. The van der Waals surface area contributed by atoms with Gasteiger partial charge in [-0.25, -0.2) is 4.39 Å². The molecule has 0 aliphatic heterocycles. The predicted octanol–water partition coefficient (Wildman–Crippen LogP) is 0.989. The monoisotopic (exact) mass is 157 g/mol. The van der Waals surface area contributed by atoms with E-state index in [4.69, 9.17) is 0 Å². The highest BCUT2D eigenvalue weighted by Gasteiger charge is 2.42. The van der Waals surface area contributed by atoms with Crippen LogP contribution in [0.25, 0.3) is 0 Å². The molecular formula is C8H12FNO. The lowest BCUT2D eigenvalue weighted by Crippen LogP contribution is -2.04. The van der Waals surface area contributed by atoms with Gasteiger partial charge < -0.3 is 4.90 Å². The minimum Gasteiger partial charge on any atom is -0.383 e. The van der Waals surface area contributed by atoms with E-state index in [0.717, 1.165) is 0 Å². The third-order valence-corrected chi connectivity index (χ3v) is 1.61. The largest absolute Gasteiger partial charge is 0.383 e. The van der Waals surface area contributed by atoms with Crippen molar-refractivity contribution in [3.8, 4) is 0 Å². The van der Waals surface area contributed by atoms with Crippen LogP contribution in [0.3, 0.4) is 0 Å². The summed E-state index contributed by atoms with van der Waals surface area (Å²) < 4.78 is 12.3. The van der Waals surface area contributed by atoms with Gasteiger partial charge >= 0.3 is 0 Å². The van der Waals surface area contributed by atoms with Crippen LogP contribution in [0.1, 0.15) is 6.42 Å². The van der Waals surface area contributed by atoms with Gasteiger partial charge in [0.25, 0.3) is 0 Å². The fourth-order valence-corrected chi connectivity index (χ4v) is 0.805. The third-order valence-electron chi connectivity index (χ3n) is 1.61. The zero-order chi connectivity index (χ0) is 8.43. The van der Waals surface area contributed by atoms with Crippen LogP contribution in [-0.4, -0.2) is 31.0 Å². The Hall–Kier alpha value is -0.860. The Labute approximate surface area is 65.7 Å². The van der Waals surface area contributed by atoms with Crippen LogP contribution in [0.4, 0.5) is 4.39 Å². The van der Waals surface area contributed by atoms with Gasteiger partial charge in [0.15, 0.2) is 5.78 Å². The second-order valence-corrected chi connectivity index (χ2v) is 3.04. The lowest BCUT2D eigenvalue weighted by atomic mass is 10.2. The molecule has 0 amide bonds. The fraction of sp³-hybridized carbons (Fsp3) is 0.625. The smallest absolute Gasteiger partial charge is 0.163 e. The Balaban J connectivity index is 2.32. The van der Waals surface area contributed by atoms with E-state index in [-0.39, 0.29) is 11.7 Å². The molecule has 1 aliphatic rings. The fourth-order valence-electron chi connectivity index (χ4n) is 0.805. The maximum absolute atomic E-state index is 12.3. The molecule has 0 spiro atoms. The van der Waals surface area contributed by atoms with E-state index in [1.165, 1.54) is 6.08 Å². The molecule has 1 rings (SSSR count). The van der Waals surface area contributed by atoms with Gasteiger partial charge in [-0.2, -0.15) is 0 Å². The number of allylic oxidation sites excluding steroid dienone is 1. The summed E-state index contributed by atoms with van der Waals surface area (Å²) in [5, 5.41) is 0.